The van der Waals surface area contributed by atoms with Crippen LogP contribution in [0.2, 0.25) is 0 Å². The van der Waals surface area contributed by atoms with Crippen LogP contribution < -0.4 is 0 Å². The second kappa shape index (κ2) is 9.02. The van der Waals surface area contributed by atoms with Gasteiger partial charge in [0.25, 0.3) is 0 Å². The van der Waals surface area contributed by atoms with E-state index in [1.165, 1.54) is 62.5 Å². The number of rotatable bonds is 9. The standard InChI is InChI=1S/C20H30O/c1-2-3-4-5-6-7-8-9-14-19-18-13-11-10-12-17(18)15-16-20(19)21/h10-13,19H,2-9,14-16H2,1H3. The van der Waals surface area contributed by atoms with Crippen LogP contribution in [-0.2, 0) is 11.2 Å². The van der Waals surface area contributed by atoms with Gasteiger partial charge in [0.05, 0.1) is 0 Å². The van der Waals surface area contributed by atoms with Crippen LogP contribution in [0.4, 0.5) is 0 Å². The number of carbonyl (C=O) groups is 1. The van der Waals surface area contributed by atoms with E-state index in [1.807, 2.05) is 0 Å². The molecule has 0 heterocycles. The molecule has 1 nitrogen and oxygen atoms in total. The predicted octanol–water partition coefficient (Wildman–Crippen LogP) is 5.82. The Morgan fingerprint density at radius 3 is 2.33 bits per heavy atom. The molecular weight excluding hydrogens is 256 g/mol. The van der Waals surface area contributed by atoms with Crippen molar-refractivity contribution in [2.24, 2.45) is 0 Å². The highest BCUT2D eigenvalue weighted by molar-refractivity contribution is 5.87. The molecule has 0 aliphatic heterocycles. The van der Waals surface area contributed by atoms with Crippen molar-refractivity contribution in [2.75, 3.05) is 0 Å². The quantitative estimate of drug-likeness (QED) is 0.523. The van der Waals surface area contributed by atoms with E-state index in [9.17, 15) is 4.79 Å². The van der Waals surface area contributed by atoms with Crippen molar-refractivity contribution in [3.05, 3.63) is 35.4 Å². The molecular formula is C20H30O. The highest BCUT2D eigenvalue weighted by Crippen LogP contribution is 2.32. The molecule has 1 heteroatoms. The summed E-state index contributed by atoms with van der Waals surface area (Å²) in [5.74, 6) is 0.659. The fourth-order valence-electron chi connectivity index (χ4n) is 3.51. The molecule has 116 valence electrons. The van der Waals surface area contributed by atoms with Crippen molar-refractivity contribution >= 4 is 5.78 Å². The third-order valence-electron chi connectivity index (χ3n) is 4.81. The van der Waals surface area contributed by atoms with E-state index in [0.717, 1.165) is 19.3 Å². The predicted molar refractivity (Wildman–Crippen MR) is 89.7 cm³/mol. The summed E-state index contributed by atoms with van der Waals surface area (Å²) in [5, 5.41) is 0. The van der Waals surface area contributed by atoms with Gasteiger partial charge in [-0.3, -0.25) is 4.79 Å². The molecule has 0 aromatic heterocycles. The van der Waals surface area contributed by atoms with Gasteiger partial charge in [-0.25, -0.2) is 0 Å². The molecule has 21 heavy (non-hydrogen) atoms. The van der Waals surface area contributed by atoms with Crippen molar-refractivity contribution in [1.29, 1.82) is 0 Å². The number of unbranched alkanes of at least 4 members (excludes halogenated alkanes) is 7. The minimum absolute atomic E-state index is 0.190. The number of aryl methyl sites for hydroxylation is 1. The van der Waals surface area contributed by atoms with Gasteiger partial charge < -0.3 is 0 Å². The Morgan fingerprint density at radius 1 is 0.905 bits per heavy atom. The first-order valence-electron chi connectivity index (χ1n) is 8.93. The lowest BCUT2D eigenvalue weighted by molar-refractivity contribution is -0.121. The zero-order valence-corrected chi connectivity index (χ0v) is 13.6. The fraction of sp³-hybridized carbons (Fsp3) is 0.650. The summed E-state index contributed by atoms with van der Waals surface area (Å²) < 4.78 is 0. The molecule has 0 fully saturated rings. The van der Waals surface area contributed by atoms with Crippen LogP contribution in [0.1, 0.15) is 88.2 Å². The van der Waals surface area contributed by atoms with Gasteiger partial charge in [-0.05, 0) is 24.0 Å². The van der Waals surface area contributed by atoms with Gasteiger partial charge in [0, 0.05) is 12.3 Å². The summed E-state index contributed by atoms with van der Waals surface area (Å²) in [5.41, 5.74) is 2.72. The van der Waals surface area contributed by atoms with Crippen molar-refractivity contribution in [2.45, 2.75) is 83.5 Å². The van der Waals surface area contributed by atoms with E-state index in [2.05, 4.69) is 31.2 Å². The van der Waals surface area contributed by atoms with Crippen LogP contribution in [0.25, 0.3) is 0 Å². The van der Waals surface area contributed by atoms with Crippen molar-refractivity contribution in [3.63, 3.8) is 0 Å². The first-order valence-corrected chi connectivity index (χ1v) is 8.93. The van der Waals surface area contributed by atoms with Gasteiger partial charge in [0.15, 0.2) is 0 Å². The molecule has 0 amide bonds. The van der Waals surface area contributed by atoms with Crippen molar-refractivity contribution < 1.29 is 4.79 Å². The maximum Gasteiger partial charge on any atom is 0.140 e. The van der Waals surface area contributed by atoms with Gasteiger partial charge in [-0.15, -0.1) is 0 Å². The average molecular weight is 286 g/mol. The lowest BCUT2D eigenvalue weighted by Crippen LogP contribution is -2.20. The third kappa shape index (κ3) is 4.98. The number of hydrogen-bond donors (Lipinski definition) is 0. The van der Waals surface area contributed by atoms with Crippen LogP contribution >= 0.6 is 0 Å². The van der Waals surface area contributed by atoms with Crippen LogP contribution in [0.5, 0.6) is 0 Å². The Labute approximate surface area is 130 Å². The topological polar surface area (TPSA) is 17.1 Å². The van der Waals surface area contributed by atoms with E-state index in [1.54, 1.807) is 0 Å². The maximum absolute atomic E-state index is 12.2. The largest absolute Gasteiger partial charge is 0.299 e. The number of carbonyl (C=O) groups excluding carboxylic acids is 1. The molecule has 0 saturated heterocycles. The smallest absolute Gasteiger partial charge is 0.140 e. The SMILES string of the molecule is CCCCCCCCCCC1C(=O)CCc2ccccc21. The highest BCUT2D eigenvalue weighted by Gasteiger charge is 2.26. The molecule has 0 radical (unpaired) electrons. The molecule has 1 aliphatic rings. The van der Waals surface area contributed by atoms with E-state index in [4.69, 9.17) is 0 Å². The van der Waals surface area contributed by atoms with Crippen molar-refractivity contribution in [3.8, 4) is 0 Å². The molecule has 0 spiro atoms. The van der Waals surface area contributed by atoms with Gasteiger partial charge in [-0.2, -0.15) is 0 Å². The number of benzene rings is 1. The molecule has 0 saturated carbocycles. The van der Waals surface area contributed by atoms with E-state index in [-0.39, 0.29) is 5.92 Å². The van der Waals surface area contributed by atoms with Crippen LogP contribution in [0.3, 0.4) is 0 Å². The normalized spacial score (nSPS) is 17.8. The zero-order valence-electron chi connectivity index (χ0n) is 13.6. The molecule has 1 unspecified atom stereocenters. The Hall–Kier alpha value is -1.11. The van der Waals surface area contributed by atoms with Gasteiger partial charge >= 0.3 is 0 Å². The Bertz CT molecular complexity index is 435. The molecule has 0 bridgehead atoms. The summed E-state index contributed by atoms with van der Waals surface area (Å²) in [4.78, 5) is 12.2. The summed E-state index contributed by atoms with van der Waals surface area (Å²) in [6.07, 6.45) is 13.4. The van der Waals surface area contributed by atoms with Crippen LogP contribution in [0.15, 0.2) is 24.3 Å². The number of fused-ring (bicyclic) bond motifs is 1. The first-order chi connectivity index (χ1) is 10.3. The average Bonchev–Trinajstić information content (AvgIpc) is 2.51. The molecule has 1 aromatic rings. The monoisotopic (exact) mass is 286 g/mol. The van der Waals surface area contributed by atoms with Crippen LogP contribution in [-0.4, -0.2) is 5.78 Å². The minimum atomic E-state index is 0.190. The molecule has 1 aliphatic carbocycles. The van der Waals surface area contributed by atoms with Gasteiger partial charge in [0.1, 0.15) is 5.78 Å². The van der Waals surface area contributed by atoms with Gasteiger partial charge in [0.2, 0.25) is 0 Å². The van der Waals surface area contributed by atoms with Crippen LogP contribution in [0, 0.1) is 0 Å². The molecule has 0 N–H and O–H groups in total. The fourth-order valence-corrected chi connectivity index (χ4v) is 3.51. The lowest BCUT2D eigenvalue weighted by atomic mass is 9.79. The summed E-state index contributed by atoms with van der Waals surface area (Å²) >= 11 is 0. The maximum atomic E-state index is 12.2. The Kier molecular flexibility index (Phi) is 6.99. The number of ketones is 1. The molecule has 1 aromatic carbocycles. The summed E-state index contributed by atoms with van der Waals surface area (Å²) in [7, 11) is 0. The zero-order chi connectivity index (χ0) is 14.9. The first kappa shape index (κ1) is 16.3. The molecule has 1 atom stereocenters. The van der Waals surface area contributed by atoms with E-state index in [0.29, 0.717) is 5.78 Å². The lowest BCUT2D eigenvalue weighted by Gasteiger charge is -2.24. The summed E-state index contributed by atoms with van der Waals surface area (Å²) in [6, 6.07) is 8.55. The van der Waals surface area contributed by atoms with E-state index < -0.39 is 0 Å². The molecule has 2 rings (SSSR count). The summed E-state index contributed by atoms with van der Waals surface area (Å²) in [6.45, 7) is 2.26. The van der Waals surface area contributed by atoms with Gasteiger partial charge in [-0.1, -0.05) is 82.6 Å². The Balaban J connectivity index is 1.70. The Morgan fingerprint density at radius 2 is 1.57 bits per heavy atom. The van der Waals surface area contributed by atoms with E-state index >= 15 is 0 Å². The third-order valence-corrected chi connectivity index (χ3v) is 4.81. The number of hydrogen-bond acceptors (Lipinski definition) is 1. The highest BCUT2D eigenvalue weighted by atomic mass is 16.1. The second-order valence-electron chi connectivity index (χ2n) is 6.48. The second-order valence-corrected chi connectivity index (χ2v) is 6.48. The number of Topliss-reactive ketones (excluding diaryl/α,β-unsaturated/α-hetero) is 1. The van der Waals surface area contributed by atoms with Crippen molar-refractivity contribution in [1.82, 2.24) is 0 Å². The minimum Gasteiger partial charge on any atom is -0.299 e.